The summed E-state index contributed by atoms with van der Waals surface area (Å²) in [6.07, 6.45) is 4.99. The minimum Gasteiger partial charge on any atom is -0.314 e. The van der Waals surface area contributed by atoms with E-state index in [-0.39, 0.29) is 0 Å². The van der Waals surface area contributed by atoms with Crippen LogP contribution >= 0.6 is 22.9 Å². The van der Waals surface area contributed by atoms with Crippen LogP contribution in [0.4, 0.5) is 0 Å². The molecule has 1 N–H and O–H groups in total. The molecule has 2 aromatic rings. The van der Waals surface area contributed by atoms with E-state index in [1.54, 1.807) is 0 Å². The summed E-state index contributed by atoms with van der Waals surface area (Å²) in [6.45, 7) is 1.12. The highest BCUT2D eigenvalue weighted by atomic mass is 35.5. The maximum Gasteiger partial charge on any atom is 0.0406 e. The molecular weight excluding hydrogens is 286 g/mol. The monoisotopic (exact) mass is 305 g/mol. The standard InChI is InChI=1S/C17H20ClNS/c18-15-5-3-13(4-6-15)10-14(12-19-16-7-8-16)11-17-2-1-9-20-17/h1-6,9,14,16,19H,7-8,10-12H2. The van der Waals surface area contributed by atoms with Crippen LogP contribution in [0.15, 0.2) is 41.8 Å². The van der Waals surface area contributed by atoms with Crippen molar-refractivity contribution < 1.29 is 0 Å². The molecule has 3 rings (SSSR count). The second-order valence-electron chi connectivity index (χ2n) is 5.66. The summed E-state index contributed by atoms with van der Waals surface area (Å²) in [5.74, 6) is 0.662. The van der Waals surface area contributed by atoms with Crippen LogP contribution in [0.25, 0.3) is 0 Å². The van der Waals surface area contributed by atoms with E-state index < -0.39 is 0 Å². The Morgan fingerprint density at radius 1 is 1.15 bits per heavy atom. The lowest BCUT2D eigenvalue weighted by Gasteiger charge is -2.17. The molecule has 1 fully saturated rings. The van der Waals surface area contributed by atoms with Gasteiger partial charge in [0.1, 0.15) is 0 Å². The average molecular weight is 306 g/mol. The van der Waals surface area contributed by atoms with Gasteiger partial charge in [-0.1, -0.05) is 29.8 Å². The molecule has 0 bridgehead atoms. The van der Waals surface area contributed by atoms with Crippen LogP contribution in [0.2, 0.25) is 5.02 Å². The predicted octanol–water partition coefficient (Wildman–Crippen LogP) is 4.55. The molecule has 0 spiro atoms. The molecule has 0 aliphatic heterocycles. The van der Waals surface area contributed by atoms with E-state index in [9.17, 15) is 0 Å². The molecule has 1 aliphatic rings. The zero-order valence-corrected chi connectivity index (χ0v) is 13.1. The summed E-state index contributed by atoms with van der Waals surface area (Å²) in [6, 6.07) is 13.5. The molecule has 0 radical (unpaired) electrons. The number of thiophene rings is 1. The summed E-state index contributed by atoms with van der Waals surface area (Å²) in [5, 5.41) is 6.67. The van der Waals surface area contributed by atoms with Gasteiger partial charge in [0.05, 0.1) is 0 Å². The predicted molar refractivity (Wildman–Crippen MR) is 87.7 cm³/mol. The molecule has 1 aliphatic carbocycles. The van der Waals surface area contributed by atoms with E-state index in [0.717, 1.165) is 24.0 Å². The molecule has 106 valence electrons. The number of halogens is 1. The minimum atomic E-state index is 0.662. The smallest absolute Gasteiger partial charge is 0.0406 e. The first-order chi connectivity index (χ1) is 9.79. The third-order valence-corrected chi connectivity index (χ3v) is 4.93. The molecule has 1 heterocycles. The van der Waals surface area contributed by atoms with Crippen LogP contribution in [0.5, 0.6) is 0 Å². The lowest BCUT2D eigenvalue weighted by Crippen LogP contribution is -2.27. The van der Waals surface area contributed by atoms with Gasteiger partial charge in [0.2, 0.25) is 0 Å². The fourth-order valence-electron chi connectivity index (χ4n) is 2.50. The first-order valence-corrected chi connectivity index (χ1v) is 8.55. The molecule has 0 amide bonds. The van der Waals surface area contributed by atoms with Crippen molar-refractivity contribution in [2.45, 2.75) is 31.7 Å². The van der Waals surface area contributed by atoms with Gasteiger partial charge in [-0.05, 0) is 67.3 Å². The number of rotatable bonds is 7. The average Bonchev–Trinajstić information content (AvgIpc) is 3.15. The van der Waals surface area contributed by atoms with Crippen LogP contribution in [0.3, 0.4) is 0 Å². The van der Waals surface area contributed by atoms with Gasteiger partial charge in [-0.15, -0.1) is 11.3 Å². The zero-order valence-electron chi connectivity index (χ0n) is 11.5. The molecule has 1 nitrogen and oxygen atoms in total. The van der Waals surface area contributed by atoms with E-state index in [2.05, 4.69) is 35.0 Å². The molecule has 1 unspecified atom stereocenters. The highest BCUT2D eigenvalue weighted by Gasteiger charge is 2.22. The molecule has 1 aromatic heterocycles. The fourth-order valence-corrected chi connectivity index (χ4v) is 3.45. The Hall–Kier alpha value is -0.830. The van der Waals surface area contributed by atoms with Crippen LogP contribution in [0, 0.1) is 5.92 Å². The number of hydrogen-bond acceptors (Lipinski definition) is 2. The number of nitrogens with one attached hydrogen (secondary N) is 1. The fraction of sp³-hybridized carbons (Fsp3) is 0.412. The lowest BCUT2D eigenvalue weighted by atomic mass is 9.95. The third-order valence-electron chi connectivity index (χ3n) is 3.78. The van der Waals surface area contributed by atoms with Gasteiger partial charge in [-0.25, -0.2) is 0 Å². The van der Waals surface area contributed by atoms with Crippen molar-refractivity contribution in [1.29, 1.82) is 0 Å². The van der Waals surface area contributed by atoms with Gasteiger partial charge in [-0.2, -0.15) is 0 Å². The minimum absolute atomic E-state index is 0.662. The summed E-state index contributed by atoms with van der Waals surface area (Å²) in [7, 11) is 0. The molecule has 3 heteroatoms. The normalized spacial score (nSPS) is 16.2. The highest BCUT2D eigenvalue weighted by Crippen LogP contribution is 2.22. The van der Waals surface area contributed by atoms with Crippen molar-refractivity contribution in [3.05, 3.63) is 57.2 Å². The van der Waals surface area contributed by atoms with Crippen molar-refractivity contribution in [1.82, 2.24) is 5.32 Å². The largest absolute Gasteiger partial charge is 0.314 e. The summed E-state index contributed by atoms with van der Waals surface area (Å²) in [4.78, 5) is 1.49. The van der Waals surface area contributed by atoms with Crippen molar-refractivity contribution in [2.24, 2.45) is 5.92 Å². The molecule has 0 saturated heterocycles. The number of benzene rings is 1. The zero-order chi connectivity index (χ0) is 13.8. The van der Waals surface area contributed by atoms with Crippen molar-refractivity contribution >= 4 is 22.9 Å². The lowest BCUT2D eigenvalue weighted by molar-refractivity contribution is 0.471. The molecule has 1 saturated carbocycles. The Morgan fingerprint density at radius 3 is 2.60 bits per heavy atom. The molecular formula is C17H20ClNS. The van der Waals surface area contributed by atoms with Gasteiger partial charge in [0.25, 0.3) is 0 Å². The van der Waals surface area contributed by atoms with Crippen molar-refractivity contribution in [2.75, 3.05) is 6.54 Å². The first kappa shape index (κ1) is 14.1. The van der Waals surface area contributed by atoms with Gasteiger partial charge in [-0.3, -0.25) is 0 Å². The summed E-state index contributed by atoms with van der Waals surface area (Å²) < 4.78 is 0. The van der Waals surface area contributed by atoms with E-state index in [1.807, 2.05) is 23.5 Å². The Morgan fingerprint density at radius 2 is 1.95 bits per heavy atom. The quantitative estimate of drug-likeness (QED) is 0.791. The number of hydrogen-bond donors (Lipinski definition) is 1. The van der Waals surface area contributed by atoms with Gasteiger partial charge >= 0.3 is 0 Å². The first-order valence-electron chi connectivity index (χ1n) is 7.30. The third kappa shape index (κ3) is 4.34. The van der Waals surface area contributed by atoms with Crippen LogP contribution in [-0.2, 0) is 12.8 Å². The summed E-state index contributed by atoms with van der Waals surface area (Å²) >= 11 is 7.83. The summed E-state index contributed by atoms with van der Waals surface area (Å²) in [5.41, 5.74) is 1.38. The Labute approximate surface area is 130 Å². The highest BCUT2D eigenvalue weighted by molar-refractivity contribution is 7.09. The van der Waals surface area contributed by atoms with Crippen molar-refractivity contribution in [3.8, 4) is 0 Å². The van der Waals surface area contributed by atoms with Gasteiger partial charge in [0, 0.05) is 15.9 Å². The molecule has 1 aromatic carbocycles. The van der Waals surface area contributed by atoms with E-state index in [1.165, 1.54) is 29.7 Å². The molecule has 1 atom stereocenters. The second kappa shape index (κ2) is 6.75. The van der Waals surface area contributed by atoms with Gasteiger partial charge < -0.3 is 5.32 Å². The molecule has 20 heavy (non-hydrogen) atoms. The van der Waals surface area contributed by atoms with E-state index >= 15 is 0 Å². The second-order valence-corrected chi connectivity index (χ2v) is 7.13. The SMILES string of the molecule is Clc1ccc(CC(CNC2CC2)Cc2cccs2)cc1. The maximum absolute atomic E-state index is 5.96. The van der Waals surface area contributed by atoms with Gasteiger partial charge in [0.15, 0.2) is 0 Å². The van der Waals surface area contributed by atoms with E-state index in [4.69, 9.17) is 11.6 Å². The van der Waals surface area contributed by atoms with Crippen LogP contribution in [-0.4, -0.2) is 12.6 Å². The Balaban J connectivity index is 1.61. The Kier molecular flexibility index (Phi) is 4.77. The topological polar surface area (TPSA) is 12.0 Å². The van der Waals surface area contributed by atoms with Crippen LogP contribution < -0.4 is 5.32 Å². The van der Waals surface area contributed by atoms with Crippen molar-refractivity contribution in [3.63, 3.8) is 0 Å². The van der Waals surface area contributed by atoms with Crippen LogP contribution in [0.1, 0.15) is 23.3 Å². The van der Waals surface area contributed by atoms with E-state index in [0.29, 0.717) is 5.92 Å². The Bertz CT molecular complexity index is 516. The maximum atomic E-state index is 5.96.